The summed E-state index contributed by atoms with van der Waals surface area (Å²) in [6.45, 7) is 1.96. The van der Waals surface area contributed by atoms with Gasteiger partial charge in [-0.3, -0.25) is 19.9 Å². The highest BCUT2D eigenvalue weighted by Gasteiger charge is 2.52. The minimum Gasteiger partial charge on any atom is -0.486 e. The third-order valence-corrected chi connectivity index (χ3v) is 6.77. The van der Waals surface area contributed by atoms with Crippen molar-refractivity contribution in [1.82, 2.24) is 20.7 Å². The van der Waals surface area contributed by atoms with Gasteiger partial charge in [0.1, 0.15) is 18.8 Å². The number of nitrogens with zero attached hydrogens (tertiary/aromatic N) is 2. The topological polar surface area (TPSA) is 100 Å². The predicted octanol–water partition coefficient (Wildman–Crippen LogP) is 1.88. The lowest BCUT2D eigenvalue weighted by molar-refractivity contribution is -0.140. The molecule has 1 aliphatic carbocycles. The Hall–Kier alpha value is -2.81. The molecular weight excluding hydrogens is 400 g/mol. The second-order valence-corrected chi connectivity index (χ2v) is 8.78. The number of hydrazine groups is 1. The lowest BCUT2D eigenvalue weighted by Gasteiger charge is -2.30. The molecule has 3 fully saturated rings. The van der Waals surface area contributed by atoms with E-state index in [-0.39, 0.29) is 24.4 Å². The Morgan fingerprint density at radius 2 is 1.87 bits per heavy atom. The number of carbonyl (C=O) groups excluding carboxylic acids is 3. The zero-order chi connectivity index (χ0) is 21.4. The fourth-order valence-electron chi connectivity index (χ4n) is 5.22. The minimum atomic E-state index is -0.843. The second-order valence-electron chi connectivity index (χ2n) is 8.78. The monoisotopic (exact) mass is 428 g/mol. The average molecular weight is 428 g/mol. The third kappa shape index (κ3) is 3.71. The lowest BCUT2D eigenvalue weighted by Crippen LogP contribution is -2.52. The van der Waals surface area contributed by atoms with Crippen molar-refractivity contribution in [1.29, 1.82) is 0 Å². The molecule has 5 rings (SSSR count). The van der Waals surface area contributed by atoms with Gasteiger partial charge in [0, 0.05) is 6.04 Å². The van der Waals surface area contributed by atoms with Crippen LogP contribution in [0.4, 0.5) is 4.79 Å². The van der Waals surface area contributed by atoms with Gasteiger partial charge >= 0.3 is 6.03 Å². The molecule has 2 N–H and O–H groups in total. The number of imide groups is 1. The Bertz CT molecular complexity index is 898. The van der Waals surface area contributed by atoms with Gasteiger partial charge in [0.25, 0.3) is 11.8 Å². The van der Waals surface area contributed by atoms with Crippen molar-refractivity contribution in [2.45, 2.75) is 56.5 Å². The van der Waals surface area contributed by atoms with Gasteiger partial charge in [-0.25, -0.2) is 4.79 Å². The van der Waals surface area contributed by atoms with Crippen molar-refractivity contribution in [2.75, 3.05) is 26.3 Å². The van der Waals surface area contributed by atoms with Crippen LogP contribution in [0.2, 0.25) is 0 Å². The Morgan fingerprint density at radius 1 is 1.10 bits per heavy atom. The quantitative estimate of drug-likeness (QED) is 0.711. The summed E-state index contributed by atoms with van der Waals surface area (Å²) in [6.07, 6.45) is 6.02. The largest absolute Gasteiger partial charge is 0.486 e. The molecule has 0 unspecified atom stereocenters. The summed E-state index contributed by atoms with van der Waals surface area (Å²) >= 11 is 0. The molecule has 3 heterocycles. The van der Waals surface area contributed by atoms with Crippen LogP contribution >= 0.6 is 0 Å². The van der Waals surface area contributed by atoms with Crippen LogP contribution in [0.1, 0.15) is 56.6 Å². The summed E-state index contributed by atoms with van der Waals surface area (Å²) in [4.78, 5) is 40.1. The number of ether oxygens (including phenoxy) is 2. The van der Waals surface area contributed by atoms with Gasteiger partial charge in [-0.05, 0) is 49.9 Å². The van der Waals surface area contributed by atoms with E-state index in [1.54, 1.807) is 0 Å². The normalized spacial score (nSPS) is 25.0. The first-order valence-corrected chi connectivity index (χ1v) is 11.2. The number of rotatable bonds is 4. The van der Waals surface area contributed by atoms with Gasteiger partial charge in [-0.1, -0.05) is 25.3 Å². The van der Waals surface area contributed by atoms with Crippen molar-refractivity contribution >= 4 is 17.8 Å². The van der Waals surface area contributed by atoms with Crippen LogP contribution in [0.15, 0.2) is 18.2 Å². The minimum absolute atomic E-state index is 0.0781. The molecule has 1 atom stereocenters. The maximum absolute atomic E-state index is 12.9. The molecule has 1 spiro atoms. The van der Waals surface area contributed by atoms with Gasteiger partial charge < -0.3 is 14.8 Å². The van der Waals surface area contributed by atoms with E-state index >= 15 is 0 Å². The highest BCUT2D eigenvalue weighted by atomic mass is 16.6. The fraction of sp³-hybridized carbons (Fsp3) is 0.591. The summed E-state index contributed by atoms with van der Waals surface area (Å²) in [6, 6.07) is 5.45. The first kappa shape index (κ1) is 20.1. The predicted molar refractivity (Wildman–Crippen MR) is 110 cm³/mol. The van der Waals surface area contributed by atoms with Crippen molar-refractivity contribution in [2.24, 2.45) is 0 Å². The van der Waals surface area contributed by atoms with Gasteiger partial charge in [0.2, 0.25) is 0 Å². The van der Waals surface area contributed by atoms with Crippen LogP contribution in [0.5, 0.6) is 11.5 Å². The van der Waals surface area contributed by atoms with Gasteiger partial charge in [0.05, 0.1) is 6.54 Å². The number of hydrogen-bond donors (Lipinski definition) is 2. The summed E-state index contributed by atoms with van der Waals surface area (Å²) < 4.78 is 11.3. The molecule has 9 nitrogen and oxygen atoms in total. The van der Waals surface area contributed by atoms with E-state index < -0.39 is 11.6 Å². The molecule has 1 aromatic rings. The highest BCUT2D eigenvalue weighted by molar-refractivity contribution is 6.08. The Kier molecular flexibility index (Phi) is 5.21. The van der Waals surface area contributed by atoms with E-state index in [2.05, 4.69) is 15.6 Å². The number of fused-ring (bicyclic) bond motifs is 1. The van der Waals surface area contributed by atoms with Crippen LogP contribution in [0.3, 0.4) is 0 Å². The number of carbonyl (C=O) groups is 3. The van der Waals surface area contributed by atoms with E-state index in [4.69, 9.17) is 9.47 Å². The standard InChI is InChI=1S/C22H28N4O5/c27-19(24-26-20(28)22(23-21(26)29)8-2-1-3-9-22)14-25-10-4-5-16(25)15-6-7-17-18(13-15)31-12-11-30-17/h6-7,13,16H,1-5,8-12,14H2,(H,23,29)(H,24,27)/t16-/m1/s1. The molecule has 0 aromatic heterocycles. The van der Waals surface area contributed by atoms with Crippen LogP contribution in [-0.4, -0.2) is 59.6 Å². The van der Waals surface area contributed by atoms with Crippen LogP contribution in [-0.2, 0) is 9.59 Å². The molecule has 9 heteroatoms. The van der Waals surface area contributed by atoms with Crippen molar-refractivity contribution in [3.8, 4) is 11.5 Å². The average Bonchev–Trinajstić information content (AvgIpc) is 3.32. The molecule has 0 radical (unpaired) electrons. The van der Waals surface area contributed by atoms with Crippen molar-refractivity contribution in [3.05, 3.63) is 23.8 Å². The molecule has 0 bridgehead atoms. The highest BCUT2D eigenvalue weighted by Crippen LogP contribution is 2.38. The number of nitrogens with one attached hydrogen (secondary N) is 2. The molecule has 1 saturated carbocycles. The van der Waals surface area contributed by atoms with Crippen molar-refractivity contribution in [3.63, 3.8) is 0 Å². The zero-order valence-electron chi connectivity index (χ0n) is 17.5. The molecular formula is C22H28N4O5. The summed E-state index contributed by atoms with van der Waals surface area (Å²) in [7, 11) is 0. The first-order chi connectivity index (χ1) is 15.1. The molecule has 4 amide bonds. The lowest BCUT2D eigenvalue weighted by atomic mass is 9.82. The van der Waals surface area contributed by atoms with E-state index in [1.165, 1.54) is 0 Å². The molecule has 1 aromatic carbocycles. The van der Waals surface area contributed by atoms with Crippen LogP contribution in [0.25, 0.3) is 0 Å². The van der Waals surface area contributed by atoms with E-state index in [0.29, 0.717) is 26.1 Å². The Balaban J connectivity index is 1.24. The molecule has 31 heavy (non-hydrogen) atoms. The summed E-state index contributed by atoms with van der Waals surface area (Å²) in [5.41, 5.74) is 2.78. The molecule has 166 valence electrons. The maximum atomic E-state index is 12.9. The number of benzene rings is 1. The van der Waals surface area contributed by atoms with Gasteiger partial charge in [-0.15, -0.1) is 0 Å². The SMILES string of the molecule is O=C(CN1CCC[C@@H]1c1ccc2c(c1)OCCO2)NN1C(=O)NC2(CCCCC2)C1=O. The number of urea groups is 1. The third-order valence-electron chi connectivity index (χ3n) is 6.77. The fourth-order valence-corrected chi connectivity index (χ4v) is 5.22. The number of hydrogen-bond acceptors (Lipinski definition) is 6. The first-order valence-electron chi connectivity index (χ1n) is 11.2. The Labute approximate surface area is 181 Å². The number of likely N-dealkylation sites (tertiary alicyclic amines) is 1. The van der Waals surface area contributed by atoms with Crippen molar-refractivity contribution < 1.29 is 23.9 Å². The van der Waals surface area contributed by atoms with E-state index in [0.717, 1.165) is 60.7 Å². The molecule has 2 saturated heterocycles. The van der Waals surface area contributed by atoms with Crippen LogP contribution < -0.4 is 20.2 Å². The maximum Gasteiger partial charge on any atom is 0.344 e. The summed E-state index contributed by atoms with van der Waals surface area (Å²) in [5.74, 6) is 0.779. The smallest absolute Gasteiger partial charge is 0.344 e. The number of amides is 4. The van der Waals surface area contributed by atoms with Gasteiger partial charge in [0.15, 0.2) is 11.5 Å². The Morgan fingerprint density at radius 3 is 2.68 bits per heavy atom. The zero-order valence-corrected chi connectivity index (χ0v) is 17.5. The van der Waals surface area contributed by atoms with Gasteiger partial charge in [-0.2, -0.15) is 5.01 Å². The second kappa shape index (κ2) is 8.03. The van der Waals surface area contributed by atoms with E-state index in [1.807, 2.05) is 18.2 Å². The van der Waals surface area contributed by atoms with E-state index in [9.17, 15) is 14.4 Å². The molecule has 4 aliphatic rings. The molecule has 3 aliphatic heterocycles. The summed E-state index contributed by atoms with van der Waals surface area (Å²) in [5, 5.41) is 3.69. The van der Waals surface area contributed by atoms with Crippen LogP contribution in [0, 0.1) is 0 Å².